The van der Waals surface area contributed by atoms with Crippen LogP contribution >= 0.6 is 11.6 Å². The van der Waals surface area contributed by atoms with Crippen LogP contribution in [-0.4, -0.2) is 11.4 Å². The predicted octanol–water partition coefficient (Wildman–Crippen LogP) is 2.55. The molecule has 16 heavy (non-hydrogen) atoms. The second-order valence-electron chi connectivity index (χ2n) is 4.32. The van der Waals surface area contributed by atoms with Crippen LogP contribution in [-0.2, 0) is 4.79 Å². The van der Waals surface area contributed by atoms with Gasteiger partial charge in [-0.05, 0) is 37.1 Å². The number of rotatable bonds is 2. The van der Waals surface area contributed by atoms with Gasteiger partial charge in [-0.15, -0.1) is 0 Å². The van der Waals surface area contributed by atoms with Crippen LogP contribution < -0.4 is 11.1 Å². The molecule has 3 nitrogen and oxygen atoms in total. The third-order valence-electron chi connectivity index (χ3n) is 3.05. The fourth-order valence-electron chi connectivity index (χ4n) is 2.02. The van der Waals surface area contributed by atoms with Gasteiger partial charge in [0.05, 0.1) is 5.54 Å². The number of carbonyl (C=O) groups excluding carboxylic acids is 1. The number of hydrogen-bond acceptors (Lipinski definition) is 2. The molecule has 0 bridgehead atoms. The first-order valence-corrected chi connectivity index (χ1v) is 5.84. The molecule has 0 saturated heterocycles. The molecule has 0 aliphatic heterocycles. The Morgan fingerprint density at radius 1 is 1.25 bits per heavy atom. The average molecular weight is 239 g/mol. The van der Waals surface area contributed by atoms with Crippen LogP contribution in [0.25, 0.3) is 0 Å². The number of nitrogens with one attached hydrogen (secondary N) is 1. The molecule has 3 N–H and O–H groups in total. The highest BCUT2D eigenvalue weighted by atomic mass is 35.5. The summed E-state index contributed by atoms with van der Waals surface area (Å²) in [7, 11) is 0. The zero-order chi connectivity index (χ0) is 11.6. The highest BCUT2D eigenvalue weighted by Gasteiger charge is 2.36. The Labute approximate surface area is 100.0 Å². The van der Waals surface area contributed by atoms with Crippen molar-refractivity contribution >= 4 is 23.2 Å². The molecule has 0 spiro atoms. The Morgan fingerprint density at radius 2 is 1.81 bits per heavy atom. The van der Waals surface area contributed by atoms with Crippen LogP contribution in [0.1, 0.15) is 25.7 Å². The van der Waals surface area contributed by atoms with Gasteiger partial charge in [0.2, 0.25) is 5.91 Å². The maximum absolute atomic E-state index is 12.0. The molecule has 0 heterocycles. The number of carbonyl (C=O) groups is 1. The topological polar surface area (TPSA) is 55.1 Å². The van der Waals surface area contributed by atoms with Gasteiger partial charge in [-0.2, -0.15) is 0 Å². The van der Waals surface area contributed by atoms with E-state index in [0.717, 1.165) is 31.4 Å². The summed E-state index contributed by atoms with van der Waals surface area (Å²) in [5.41, 5.74) is 6.10. The summed E-state index contributed by atoms with van der Waals surface area (Å²) in [5.74, 6) is -0.0904. The van der Waals surface area contributed by atoms with Crippen molar-refractivity contribution in [2.45, 2.75) is 31.2 Å². The molecular weight excluding hydrogens is 224 g/mol. The van der Waals surface area contributed by atoms with Crippen molar-refractivity contribution in [2.24, 2.45) is 5.73 Å². The van der Waals surface area contributed by atoms with Gasteiger partial charge < -0.3 is 11.1 Å². The fourth-order valence-corrected chi connectivity index (χ4v) is 2.15. The molecule has 0 unspecified atom stereocenters. The standard InChI is InChI=1S/C12H15ClN2O/c13-9-3-5-10(6-4-9)15-11(16)12(14)7-1-2-8-12/h3-6H,1-2,7-8,14H2,(H,15,16). The Bertz CT molecular complexity index is 383. The van der Waals surface area contributed by atoms with Gasteiger partial charge in [-0.1, -0.05) is 24.4 Å². The van der Waals surface area contributed by atoms with E-state index in [1.165, 1.54) is 0 Å². The lowest BCUT2D eigenvalue weighted by Crippen LogP contribution is -2.48. The van der Waals surface area contributed by atoms with E-state index >= 15 is 0 Å². The highest BCUT2D eigenvalue weighted by Crippen LogP contribution is 2.28. The van der Waals surface area contributed by atoms with E-state index in [-0.39, 0.29) is 5.91 Å². The van der Waals surface area contributed by atoms with Gasteiger partial charge in [0.15, 0.2) is 0 Å². The van der Waals surface area contributed by atoms with Gasteiger partial charge in [0, 0.05) is 10.7 Å². The molecule has 0 radical (unpaired) electrons. The van der Waals surface area contributed by atoms with Crippen molar-refractivity contribution in [3.8, 4) is 0 Å². The lowest BCUT2D eigenvalue weighted by molar-refractivity contribution is -0.121. The lowest BCUT2D eigenvalue weighted by Gasteiger charge is -2.22. The predicted molar refractivity (Wildman–Crippen MR) is 65.5 cm³/mol. The molecule has 1 aliphatic rings. The summed E-state index contributed by atoms with van der Waals surface area (Å²) in [5, 5.41) is 3.48. The van der Waals surface area contributed by atoms with Crippen molar-refractivity contribution in [3.63, 3.8) is 0 Å². The quantitative estimate of drug-likeness (QED) is 0.832. The van der Waals surface area contributed by atoms with Crippen molar-refractivity contribution in [2.75, 3.05) is 5.32 Å². The molecule has 2 rings (SSSR count). The third-order valence-corrected chi connectivity index (χ3v) is 3.30. The zero-order valence-corrected chi connectivity index (χ0v) is 9.76. The van der Waals surface area contributed by atoms with Crippen LogP contribution in [0.4, 0.5) is 5.69 Å². The molecule has 1 fully saturated rings. The molecule has 1 aromatic rings. The summed E-state index contributed by atoms with van der Waals surface area (Å²) in [6, 6.07) is 7.04. The van der Waals surface area contributed by atoms with Crippen LogP contribution in [0.2, 0.25) is 5.02 Å². The zero-order valence-electron chi connectivity index (χ0n) is 9.00. The summed E-state index contributed by atoms with van der Waals surface area (Å²) < 4.78 is 0. The Morgan fingerprint density at radius 3 is 2.38 bits per heavy atom. The molecule has 1 saturated carbocycles. The maximum Gasteiger partial charge on any atom is 0.244 e. The van der Waals surface area contributed by atoms with Crippen molar-refractivity contribution in [3.05, 3.63) is 29.3 Å². The minimum absolute atomic E-state index is 0.0904. The van der Waals surface area contributed by atoms with Gasteiger partial charge in [0.25, 0.3) is 0 Å². The van der Waals surface area contributed by atoms with Crippen LogP contribution in [0.3, 0.4) is 0 Å². The first-order valence-electron chi connectivity index (χ1n) is 5.46. The smallest absolute Gasteiger partial charge is 0.244 e. The molecule has 1 amide bonds. The number of nitrogens with two attached hydrogens (primary N) is 1. The first kappa shape index (κ1) is 11.4. The molecule has 0 atom stereocenters. The number of anilines is 1. The van der Waals surface area contributed by atoms with Crippen LogP contribution in [0, 0.1) is 0 Å². The molecule has 1 aromatic carbocycles. The number of benzene rings is 1. The Kier molecular flexibility index (Phi) is 3.17. The minimum Gasteiger partial charge on any atom is -0.324 e. The lowest BCUT2D eigenvalue weighted by atomic mass is 9.98. The largest absolute Gasteiger partial charge is 0.324 e. The van der Waals surface area contributed by atoms with Crippen LogP contribution in [0.15, 0.2) is 24.3 Å². The normalized spacial score (nSPS) is 18.4. The minimum atomic E-state index is -0.681. The molecule has 1 aliphatic carbocycles. The first-order chi connectivity index (χ1) is 7.60. The van der Waals surface area contributed by atoms with E-state index in [1.807, 2.05) is 0 Å². The number of amides is 1. The van der Waals surface area contributed by atoms with E-state index in [9.17, 15) is 4.79 Å². The molecule has 86 valence electrons. The van der Waals surface area contributed by atoms with E-state index in [2.05, 4.69) is 5.32 Å². The second kappa shape index (κ2) is 4.44. The molecule has 0 aromatic heterocycles. The second-order valence-corrected chi connectivity index (χ2v) is 4.76. The van der Waals surface area contributed by atoms with E-state index in [1.54, 1.807) is 24.3 Å². The monoisotopic (exact) mass is 238 g/mol. The summed E-state index contributed by atoms with van der Waals surface area (Å²) in [6.07, 6.45) is 3.61. The van der Waals surface area contributed by atoms with Gasteiger partial charge >= 0.3 is 0 Å². The Hall–Kier alpha value is -1.06. The summed E-state index contributed by atoms with van der Waals surface area (Å²) >= 11 is 5.77. The molecular formula is C12H15ClN2O. The third kappa shape index (κ3) is 2.36. The number of halogens is 1. The SMILES string of the molecule is NC1(C(=O)Nc2ccc(Cl)cc2)CCCC1. The maximum atomic E-state index is 12.0. The van der Waals surface area contributed by atoms with Crippen molar-refractivity contribution in [1.82, 2.24) is 0 Å². The van der Waals surface area contributed by atoms with E-state index < -0.39 is 5.54 Å². The van der Waals surface area contributed by atoms with E-state index in [4.69, 9.17) is 17.3 Å². The van der Waals surface area contributed by atoms with Crippen LogP contribution in [0.5, 0.6) is 0 Å². The fraction of sp³-hybridized carbons (Fsp3) is 0.417. The summed E-state index contributed by atoms with van der Waals surface area (Å²) in [4.78, 5) is 12.0. The van der Waals surface area contributed by atoms with E-state index in [0.29, 0.717) is 5.02 Å². The van der Waals surface area contributed by atoms with Gasteiger partial charge in [-0.25, -0.2) is 0 Å². The highest BCUT2D eigenvalue weighted by molar-refractivity contribution is 6.30. The molecule has 4 heteroatoms. The van der Waals surface area contributed by atoms with Gasteiger partial charge in [-0.3, -0.25) is 4.79 Å². The van der Waals surface area contributed by atoms with Crippen molar-refractivity contribution < 1.29 is 4.79 Å². The van der Waals surface area contributed by atoms with Gasteiger partial charge in [0.1, 0.15) is 0 Å². The van der Waals surface area contributed by atoms with Crippen molar-refractivity contribution in [1.29, 1.82) is 0 Å². The average Bonchev–Trinajstić information content (AvgIpc) is 2.70. The Balaban J connectivity index is 2.04. The summed E-state index contributed by atoms with van der Waals surface area (Å²) in [6.45, 7) is 0. The number of hydrogen-bond donors (Lipinski definition) is 2.